The number of Topliss-reactive ketones (excluding diaryl/α,β-unsaturated/α-hetero) is 2. The van der Waals surface area contributed by atoms with Gasteiger partial charge in [-0.05, 0) is 108 Å². The van der Waals surface area contributed by atoms with Crippen LogP contribution in [0.2, 0.25) is 10.0 Å². The van der Waals surface area contributed by atoms with E-state index in [-0.39, 0.29) is 50.8 Å². The van der Waals surface area contributed by atoms with E-state index in [0.717, 1.165) is 9.75 Å². The number of nitrogens with zero attached hydrogens (tertiary/aromatic N) is 4. The number of anilines is 4. The van der Waals surface area contributed by atoms with Gasteiger partial charge in [0.1, 0.15) is 36.2 Å². The lowest BCUT2D eigenvalue weighted by Crippen LogP contribution is -2.52. The number of nitrogen functional groups attached to an aromatic ring is 4. The fraction of sp³-hybridized carbons (Fsp3) is 0.231. The second-order valence-electron chi connectivity index (χ2n) is 17.2. The Labute approximate surface area is 454 Å². The van der Waals surface area contributed by atoms with Crippen LogP contribution < -0.4 is 41.9 Å². The molecule has 0 radical (unpaired) electrons. The highest BCUT2D eigenvalue weighted by Gasteiger charge is 2.42. The van der Waals surface area contributed by atoms with Crippen molar-refractivity contribution in [1.82, 2.24) is 19.6 Å². The molecule has 10 N–H and O–H groups in total. The molecule has 0 amide bonds. The molecule has 2 aromatic heterocycles. The minimum absolute atomic E-state index is 0.0175. The van der Waals surface area contributed by atoms with Crippen molar-refractivity contribution in [2.24, 2.45) is 0 Å². The van der Waals surface area contributed by atoms with Gasteiger partial charge >= 0.3 is 11.9 Å². The maximum absolute atomic E-state index is 14.0. The summed E-state index contributed by atoms with van der Waals surface area (Å²) in [7, 11) is 0. The van der Waals surface area contributed by atoms with Crippen LogP contribution in [0, 0.1) is 0 Å². The van der Waals surface area contributed by atoms with Crippen molar-refractivity contribution in [2.75, 3.05) is 62.3 Å². The van der Waals surface area contributed by atoms with Gasteiger partial charge in [-0.1, -0.05) is 35.3 Å². The molecule has 2 aliphatic rings. The van der Waals surface area contributed by atoms with Crippen molar-refractivity contribution in [1.29, 1.82) is 0 Å². The van der Waals surface area contributed by atoms with E-state index in [0.29, 0.717) is 44.4 Å². The standard InChI is InChI=1S/C52H52Cl2N8O12S2/c53-31-5-11-37(12-6-31)69-29-35(63)25-59-17-19-61(27-43(45-3-1-21-75-45)71-41-15-9-33(55)23-39(41)57)51(59)73-49(67)47(65)48(66)50(68)74-52-60(26-36(64)30-70-38-13-7-32(54)8-14-38)18-20-62(52)28-44(46-4-2-22-76-46)72-42-16-10-34(56)24-40(42)58/h1-24,43-44,47-48,51-52,65-66H,25-30,55-58H2. The first-order valence-electron chi connectivity index (χ1n) is 23.2. The van der Waals surface area contributed by atoms with Gasteiger partial charge in [0.2, 0.25) is 0 Å². The molecule has 0 bridgehead atoms. The Balaban J connectivity index is 0.995. The van der Waals surface area contributed by atoms with Crippen molar-refractivity contribution >= 4 is 92.1 Å². The number of ketones is 2. The number of hydrogen-bond donors (Lipinski definition) is 6. The van der Waals surface area contributed by atoms with E-state index in [1.54, 1.807) is 97.3 Å². The lowest BCUT2D eigenvalue weighted by atomic mass is 10.2. The van der Waals surface area contributed by atoms with Crippen molar-refractivity contribution in [3.05, 3.63) is 165 Å². The molecule has 0 aliphatic carbocycles. The summed E-state index contributed by atoms with van der Waals surface area (Å²) >= 11 is 14.8. The molecule has 398 valence electrons. The molecule has 6 atom stereocenters. The number of benzene rings is 4. The first-order chi connectivity index (χ1) is 36.6. The summed E-state index contributed by atoms with van der Waals surface area (Å²) < 4.78 is 35.9. The number of hydrogen-bond acceptors (Lipinski definition) is 22. The van der Waals surface area contributed by atoms with Gasteiger partial charge in [0.05, 0.1) is 37.6 Å². The van der Waals surface area contributed by atoms with Gasteiger partial charge in [0, 0.05) is 56.0 Å². The van der Waals surface area contributed by atoms with Crippen molar-refractivity contribution in [3.8, 4) is 23.0 Å². The maximum atomic E-state index is 14.0. The predicted molar refractivity (Wildman–Crippen MR) is 287 cm³/mol. The number of carbonyl (C=O) groups excluding carboxylic acids is 4. The normalized spacial score (nSPS) is 16.5. The molecule has 0 saturated carbocycles. The third-order valence-corrected chi connectivity index (χ3v) is 13.9. The third kappa shape index (κ3) is 14.3. The topological polar surface area (TPSA) is 281 Å². The SMILES string of the molecule is Nc1ccc(OC(CN2C=CN(CC(=O)COc3ccc(Cl)cc3)C2OC(=O)C(O)C(O)C(=O)OC2N(CC(=O)COc3ccc(Cl)cc3)C=CN2CC(Oc2ccc(N)cc2N)c2cccs2)c2cccs2)c(N)c1. The third-order valence-electron chi connectivity index (χ3n) is 11.5. The average Bonchev–Trinajstić information content (AvgIpc) is 4.26. The second-order valence-corrected chi connectivity index (χ2v) is 20.0. The number of halogens is 2. The van der Waals surface area contributed by atoms with Crippen molar-refractivity contribution < 1.29 is 57.8 Å². The summed E-state index contributed by atoms with van der Waals surface area (Å²) in [6.07, 6.45) is -3.40. The minimum atomic E-state index is -2.54. The molecule has 0 spiro atoms. The Morgan fingerprint density at radius 3 is 1.28 bits per heavy atom. The molecule has 0 fully saturated rings. The Hall–Kier alpha value is -7.86. The van der Waals surface area contributed by atoms with Crippen LogP contribution in [0.5, 0.6) is 23.0 Å². The number of carbonyl (C=O) groups is 4. The smallest absolute Gasteiger partial charge is 0.341 e. The highest BCUT2D eigenvalue weighted by atomic mass is 35.5. The van der Waals surface area contributed by atoms with Crippen LogP contribution in [0.15, 0.2) is 145 Å². The fourth-order valence-electron chi connectivity index (χ4n) is 7.70. The molecule has 24 heteroatoms. The van der Waals surface area contributed by atoms with E-state index < -0.39 is 60.6 Å². The van der Waals surface area contributed by atoms with Gasteiger partial charge < -0.3 is 81.2 Å². The van der Waals surface area contributed by atoms with Crippen molar-refractivity contribution in [3.63, 3.8) is 0 Å². The van der Waals surface area contributed by atoms with Crippen LogP contribution in [0.1, 0.15) is 22.0 Å². The highest BCUT2D eigenvalue weighted by Crippen LogP contribution is 2.35. The van der Waals surface area contributed by atoms with Crippen molar-refractivity contribution in [2.45, 2.75) is 37.1 Å². The zero-order valence-electron chi connectivity index (χ0n) is 40.2. The Morgan fingerprint density at radius 1 is 0.539 bits per heavy atom. The van der Waals surface area contributed by atoms with Crippen LogP contribution in [-0.4, -0.2) is 118 Å². The summed E-state index contributed by atoms with van der Waals surface area (Å²) in [5, 5.41) is 27.5. The van der Waals surface area contributed by atoms with Crippen LogP contribution in [0.25, 0.3) is 0 Å². The van der Waals surface area contributed by atoms with E-state index in [2.05, 4.69) is 0 Å². The number of aliphatic hydroxyl groups excluding tert-OH is 2. The number of ether oxygens (including phenoxy) is 6. The molecular formula is C52H52Cl2N8O12S2. The zero-order chi connectivity index (χ0) is 53.9. The Kier molecular flexibility index (Phi) is 18.0. The first kappa shape index (κ1) is 54.4. The average molecular weight is 1120 g/mol. The Bertz CT molecular complexity index is 2810. The van der Waals surface area contributed by atoms with Crippen LogP contribution in [0.3, 0.4) is 0 Å². The van der Waals surface area contributed by atoms with Gasteiger partial charge in [0.25, 0.3) is 12.7 Å². The zero-order valence-corrected chi connectivity index (χ0v) is 43.4. The molecule has 20 nitrogen and oxygen atoms in total. The molecule has 76 heavy (non-hydrogen) atoms. The molecule has 6 unspecified atom stereocenters. The molecular weight excluding hydrogens is 1060 g/mol. The van der Waals surface area contributed by atoms with Gasteiger partial charge in [-0.3, -0.25) is 9.59 Å². The second kappa shape index (κ2) is 25.1. The van der Waals surface area contributed by atoms with E-state index in [4.69, 9.17) is 74.6 Å². The molecule has 0 saturated heterocycles. The summed E-state index contributed by atoms with van der Waals surface area (Å²) in [5.74, 6) is -2.40. The number of aliphatic hydroxyl groups is 2. The number of thiophene rings is 2. The van der Waals surface area contributed by atoms with Gasteiger partial charge in [-0.15, -0.1) is 22.7 Å². The van der Waals surface area contributed by atoms with E-state index in [1.807, 2.05) is 35.0 Å². The van der Waals surface area contributed by atoms with E-state index in [1.165, 1.54) is 54.7 Å². The lowest BCUT2D eigenvalue weighted by Gasteiger charge is -2.35. The van der Waals surface area contributed by atoms with Crippen LogP contribution >= 0.6 is 45.9 Å². The molecule has 2 aliphatic heterocycles. The predicted octanol–water partition coefficient (Wildman–Crippen LogP) is 6.23. The number of esters is 2. The first-order valence-corrected chi connectivity index (χ1v) is 25.8. The molecule has 4 heterocycles. The largest absolute Gasteiger partial charge is 0.486 e. The van der Waals surface area contributed by atoms with Crippen LogP contribution in [-0.2, 0) is 28.7 Å². The minimum Gasteiger partial charge on any atom is -0.486 e. The van der Waals surface area contributed by atoms with Gasteiger partial charge in [0.15, 0.2) is 36.0 Å². The molecule has 6 aromatic rings. The van der Waals surface area contributed by atoms with E-state index >= 15 is 0 Å². The van der Waals surface area contributed by atoms with E-state index in [9.17, 15) is 29.4 Å². The number of nitrogens with two attached hydrogens (primary N) is 4. The quantitative estimate of drug-likeness (QED) is 0.0273. The summed E-state index contributed by atoms with van der Waals surface area (Å²) in [6.45, 7) is -1.51. The summed E-state index contributed by atoms with van der Waals surface area (Å²) in [6, 6.07) is 29.7. The van der Waals surface area contributed by atoms with Gasteiger partial charge in [-0.25, -0.2) is 9.59 Å². The van der Waals surface area contributed by atoms with Gasteiger partial charge in [-0.2, -0.15) is 0 Å². The highest BCUT2D eigenvalue weighted by molar-refractivity contribution is 7.10. The monoisotopic (exact) mass is 1110 g/mol. The molecule has 8 rings (SSSR count). The summed E-state index contributed by atoms with van der Waals surface area (Å²) in [4.78, 5) is 62.2. The maximum Gasteiger partial charge on any atom is 0.341 e. The lowest BCUT2D eigenvalue weighted by molar-refractivity contribution is -0.198. The fourth-order valence-corrected chi connectivity index (χ4v) is 9.45. The van der Waals surface area contributed by atoms with Crippen LogP contribution in [0.4, 0.5) is 22.7 Å². The molecule has 4 aromatic carbocycles. The summed E-state index contributed by atoms with van der Waals surface area (Å²) in [5.41, 5.74) is 25.8. The number of rotatable bonds is 25. The Morgan fingerprint density at radius 2 is 0.921 bits per heavy atom.